The maximum atomic E-state index is 11.2. The minimum absolute atomic E-state index is 0.0995. The molecule has 2 rings (SSSR count). The third-order valence-corrected chi connectivity index (χ3v) is 3.13. The van der Waals surface area contributed by atoms with Gasteiger partial charge in [0.15, 0.2) is 0 Å². The van der Waals surface area contributed by atoms with Gasteiger partial charge in [-0.05, 0) is 11.6 Å². The van der Waals surface area contributed by atoms with E-state index in [-0.39, 0.29) is 13.0 Å². The lowest BCUT2D eigenvalue weighted by atomic mass is 10.0. The number of rotatable bonds is 7. The van der Waals surface area contributed by atoms with Gasteiger partial charge in [-0.25, -0.2) is 0 Å². The Morgan fingerprint density at radius 3 is 2.70 bits per heavy atom. The van der Waals surface area contributed by atoms with Crippen LogP contribution in [-0.4, -0.2) is 39.7 Å². The molecule has 2 aromatic rings. The Kier molecular flexibility index (Phi) is 4.37. The zero-order chi connectivity index (χ0) is 14.5. The van der Waals surface area contributed by atoms with E-state index in [4.69, 9.17) is 5.11 Å². The first kappa shape index (κ1) is 14.1. The Morgan fingerprint density at radius 2 is 2.00 bits per heavy atom. The molecule has 6 heteroatoms. The van der Waals surface area contributed by atoms with Crippen LogP contribution in [0, 0.1) is 0 Å². The van der Waals surface area contributed by atoms with Gasteiger partial charge >= 0.3 is 11.9 Å². The quantitative estimate of drug-likeness (QED) is 0.609. The van der Waals surface area contributed by atoms with Gasteiger partial charge in [0.25, 0.3) is 0 Å². The van der Waals surface area contributed by atoms with E-state index in [0.717, 1.165) is 16.5 Å². The van der Waals surface area contributed by atoms with Gasteiger partial charge in [0.05, 0.1) is 6.42 Å². The van der Waals surface area contributed by atoms with Crippen molar-refractivity contribution in [1.82, 2.24) is 10.3 Å². The number of hydrogen-bond donors (Lipinski definition) is 4. The molecule has 0 bridgehead atoms. The molecular weight excluding hydrogens is 260 g/mol. The Bertz CT molecular complexity index is 620. The number of H-pyrrole nitrogens is 1. The summed E-state index contributed by atoms with van der Waals surface area (Å²) >= 11 is 0. The van der Waals surface area contributed by atoms with Crippen LogP contribution >= 0.6 is 0 Å². The number of aromatic amines is 1. The van der Waals surface area contributed by atoms with Gasteiger partial charge in [-0.15, -0.1) is 0 Å². The number of para-hydroxylation sites is 1. The van der Waals surface area contributed by atoms with Crippen molar-refractivity contribution < 1.29 is 19.8 Å². The van der Waals surface area contributed by atoms with Gasteiger partial charge < -0.3 is 20.5 Å². The van der Waals surface area contributed by atoms with Gasteiger partial charge in [0, 0.05) is 30.1 Å². The van der Waals surface area contributed by atoms with Crippen LogP contribution in [0.2, 0.25) is 0 Å². The summed E-state index contributed by atoms with van der Waals surface area (Å²) in [4.78, 5) is 24.8. The lowest BCUT2D eigenvalue weighted by Gasteiger charge is -2.13. The van der Waals surface area contributed by atoms with E-state index in [1.165, 1.54) is 0 Å². The summed E-state index contributed by atoms with van der Waals surface area (Å²) in [6, 6.07) is 6.85. The highest BCUT2D eigenvalue weighted by Crippen LogP contribution is 2.19. The second-order valence-corrected chi connectivity index (χ2v) is 4.55. The van der Waals surface area contributed by atoms with Gasteiger partial charge in [0.2, 0.25) is 0 Å². The molecule has 6 nitrogen and oxygen atoms in total. The van der Waals surface area contributed by atoms with Gasteiger partial charge in [-0.1, -0.05) is 18.2 Å². The summed E-state index contributed by atoms with van der Waals surface area (Å²) in [6.07, 6.45) is 2.00. The number of nitrogens with one attached hydrogen (secondary N) is 2. The number of benzene rings is 1. The Balaban J connectivity index is 2.07. The number of fused-ring (bicyclic) bond motifs is 1. The fourth-order valence-electron chi connectivity index (χ4n) is 2.12. The number of aromatic nitrogens is 1. The fraction of sp³-hybridized carbons (Fsp3) is 0.286. The minimum Gasteiger partial charge on any atom is -0.481 e. The summed E-state index contributed by atoms with van der Waals surface area (Å²) in [5.41, 5.74) is 1.85. The van der Waals surface area contributed by atoms with Crippen LogP contribution in [-0.2, 0) is 16.0 Å². The molecule has 0 saturated heterocycles. The third kappa shape index (κ3) is 3.36. The van der Waals surface area contributed by atoms with E-state index in [2.05, 4.69) is 10.3 Å². The van der Waals surface area contributed by atoms with E-state index < -0.39 is 18.0 Å². The maximum Gasteiger partial charge on any atom is 0.321 e. The van der Waals surface area contributed by atoms with Crippen molar-refractivity contribution in [3.8, 4) is 0 Å². The highest BCUT2D eigenvalue weighted by molar-refractivity contribution is 5.84. The first-order valence-electron chi connectivity index (χ1n) is 6.31. The van der Waals surface area contributed by atoms with Crippen molar-refractivity contribution in [2.24, 2.45) is 0 Å². The largest absolute Gasteiger partial charge is 0.481 e. The van der Waals surface area contributed by atoms with E-state index >= 15 is 0 Å². The highest BCUT2D eigenvalue weighted by Gasteiger charge is 2.19. The number of carboxylic acids is 2. The average molecular weight is 276 g/mol. The van der Waals surface area contributed by atoms with Crippen molar-refractivity contribution in [2.75, 3.05) is 6.54 Å². The van der Waals surface area contributed by atoms with Gasteiger partial charge in [-0.2, -0.15) is 0 Å². The Morgan fingerprint density at radius 1 is 1.25 bits per heavy atom. The molecule has 0 amide bonds. The summed E-state index contributed by atoms with van der Waals surface area (Å²) in [7, 11) is 0. The second kappa shape index (κ2) is 6.21. The predicted octanol–water partition coefficient (Wildman–Crippen LogP) is 1.23. The standard InChI is InChI=1S/C14H16N2O4/c17-13(18)5-6-15-12(14(19)20)7-9-8-16-11-4-2-1-3-10(9)11/h1-4,8,12,15-16H,5-7H2,(H,17,18)(H,19,20). The normalized spacial score (nSPS) is 12.4. The van der Waals surface area contributed by atoms with Crippen LogP contribution in [0.25, 0.3) is 10.9 Å². The maximum absolute atomic E-state index is 11.2. The fourth-order valence-corrected chi connectivity index (χ4v) is 2.12. The molecule has 0 aliphatic carbocycles. The number of hydrogen-bond acceptors (Lipinski definition) is 3. The molecule has 0 fully saturated rings. The van der Waals surface area contributed by atoms with Crippen molar-refractivity contribution in [2.45, 2.75) is 18.9 Å². The lowest BCUT2D eigenvalue weighted by Crippen LogP contribution is -2.39. The highest BCUT2D eigenvalue weighted by atomic mass is 16.4. The second-order valence-electron chi connectivity index (χ2n) is 4.55. The molecule has 0 spiro atoms. The molecule has 0 saturated carbocycles. The van der Waals surface area contributed by atoms with Crippen molar-refractivity contribution in [1.29, 1.82) is 0 Å². The van der Waals surface area contributed by atoms with Crippen LogP contribution in [0.5, 0.6) is 0 Å². The van der Waals surface area contributed by atoms with Crippen molar-refractivity contribution in [3.05, 3.63) is 36.0 Å². The number of carboxylic acid groups (broad SMARTS) is 2. The minimum atomic E-state index is -0.985. The molecule has 20 heavy (non-hydrogen) atoms. The smallest absolute Gasteiger partial charge is 0.321 e. The molecule has 1 unspecified atom stereocenters. The van der Waals surface area contributed by atoms with Crippen LogP contribution < -0.4 is 5.32 Å². The molecule has 1 aromatic carbocycles. The van der Waals surface area contributed by atoms with E-state index in [1.54, 1.807) is 6.20 Å². The summed E-state index contributed by atoms with van der Waals surface area (Å²) < 4.78 is 0. The zero-order valence-corrected chi connectivity index (χ0v) is 10.8. The van der Waals surface area contributed by atoms with Crippen LogP contribution in [0.3, 0.4) is 0 Å². The van der Waals surface area contributed by atoms with Gasteiger partial charge in [0.1, 0.15) is 6.04 Å². The molecule has 4 N–H and O–H groups in total. The zero-order valence-electron chi connectivity index (χ0n) is 10.8. The van der Waals surface area contributed by atoms with E-state index in [0.29, 0.717) is 6.42 Å². The molecule has 1 aromatic heterocycles. The SMILES string of the molecule is O=C(O)CCNC(Cc1c[nH]c2ccccc12)C(=O)O. The molecule has 0 radical (unpaired) electrons. The molecule has 106 valence electrons. The average Bonchev–Trinajstić information content (AvgIpc) is 2.80. The third-order valence-electron chi connectivity index (χ3n) is 3.13. The van der Waals surface area contributed by atoms with Crippen molar-refractivity contribution >= 4 is 22.8 Å². The Labute approximate surface area is 115 Å². The number of carbonyl (C=O) groups is 2. The first-order valence-corrected chi connectivity index (χ1v) is 6.31. The Hall–Kier alpha value is -2.34. The van der Waals surface area contributed by atoms with Gasteiger partial charge in [-0.3, -0.25) is 9.59 Å². The summed E-state index contributed by atoms with van der Waals surface area (Å²) in [5.74, 6) is -1.94. The molecule has 1 heterocycles. The lowest BCUT2D eigenvalue weighted by molar-refractivity contribution is -0.140. The van der Waals surface area contributed by atoms with Crippen LogP contribution in [0.1, 0.15) is 12.0 Å². The molecular formula is C14H16N2O4. The van der Waals surface area contributed by atoms with E-state index in [9.17, 15) is 14.7 Å². The molecule has 0 aliphatic heterocycles. The van der Waals surface area contributed by atoms with Crippen molar-refractivity contribution in [3.63, 3.8) is 0 Å². The summed E-state index contributed by atoms with van der Waals surface area (Å²) in [5, 5.41) is 21.5. The van der Waals surface area contributed by atoms with Crippen LogP contribution in [0.15, 0.2) is 30.5 Å². The topological polar surface area (TPSA) is 102 Å². The number of aliphatic carboxylic acids is 2. The monoisotopic (exact) mass is 276 g/mol. The summed E-state index contributed by atoms with van der Waals surface area (Å²) in [6.45, 7) is 0.134. The van der Waals surface area contributed by atoms with E-state index in [1.807, 2.05) is 24.3 Å². The molecule has 1 atom stereocenters. The van der Waals surface area contributed by atoms with Crippen LogP contribution in [0.4, 0.5) is 0 Å². The predicted molar refractivity (Wildman–Crippen MR) is 73.7 cm³/mol. The molecule has 0 aliphatic rings. The first-order chi connectivity index (χ1) is 9.58.